The fourth-order valence-corrected chi connectivity index (χ4v) is 2.22. The Morgan fingerprint density at radius 2 is 1.96 bits per heavy atom. The number of aliphatic imine (C=N–C) groups is 1. The van der Waals surface area contributed by atoms with Crippen molar-refractivity contribution in [1.82, 2.24) is 5.32 Å². The summed E-state index contributed by atoms with van der Waals surface area (Å²) >= 11 is 0. The molecular weight excluding hydrogens is 316 g/mol. The van der Waals surface area contributed by atoms with Crippen LogP contribution in [0, 0.1) is 0 Å². The van der Waals surface area contributed by atoms with E-state index in [1.54, 1.807) is 31.4 Å². The fourth-order valence-electron chi connectivity index (χ4n) is 2.22. The van der Waals surface area contributed by atoms with Gasteiger partial charge in [-0.1, -0.05) is 25.1 Å². The Hall–Kier alpha value is -3.02. The van der Waals surface area contributed by atoms with Gasteiger partial charge in [0, 0.05) is 17.8 Å². The van der Waals surface area contributed by atoms with Crippen LogP contribution in [0.2, 0.25) is 0 Å². The zero-order valence-corrected chi connectivity index (χ0v) is 14.6. The van der Waals surface area contributed by atoms with E-state index in [0.29, 0.717) is 30.4 Å². The summed E-state index contributed by atoms with van der Waals surface area (Å²) in [5, 5.41) is 5.83. The third-order valence-corrected chi connectivity index (χ3v) is 3.65. The number of hydrogen-bond donors (Lipinski definition) is 3. The van der Waals surface area contributed by atoms with Crippen LogP contribution in [-0.4, -0.2) is 32.1 Å². The second-order valence-corrected chi connectivity index (χ2v) is 5.43. The van der Waals surface area contributed by atoms with Crippen LogP contribution in [0.4, 0.5) is 5.69 Å². The SMILES string of the molecule is CCc1ccc(NC(N)=NCCNC(=O)c2cccc(OC)c2)cc1. The van der Waals surface area contributed by atoms with Crippen LogP contribution < -0.4 is 21.1 Å². The molecule has 4 N–H and O–H groups in total. The molecule has 0 spiro atoms. The minimum Gasteiger partial charge on any atom is -0.497 e. The molecule has 0 saturated heterocycles. The van der Waals surface area contributed by atoms with E-state index in [9.17, 15) is 4.79 Å². The number of benzene rings is 2. The highest BCUT2D eigenvalue weighted by molar-refractivity contribution is 5.94. The molecule has 25 heavy (non-hydrogen) atoms. The Morgan fingerprint density at radius 3 is 2.64 bits per heavy atom. The van der Waals surface area contributed by atoms with Gasteiger partial charge in [0.2, 0.25) is 0 Å². The Balaban J connectivity index is 1.78. The molecule has 2 aromatic rings. The summed E-state index contributed by atoms with van der Waals surface area (Å²) in [5.74, 6) is 0.795. The quantitative estimate of drug-likeness (QED) is 0.410. The lowest BCUT2D eigenvalue weighted by molar-refractivity contribution is 0.0954. The Kier molecular flexibility index (Phi) is 6.83. The number of nitrogens with zero attached hydrogens (tertiary/aromatic N) is 1. The van der Waals surface area contributed by atoms with Crippen molar-refractivity contribution in [3.63, 3.8) is 0 Å². The van der Waals surface area contributed by atoms with Gasteiger partial charge in [0.25, 0.3) is 5.91 Å². The summed E-state index contributed by atoms with van der Waals surface area (Å²) in [5.41, 5.74) is 8.55. The second kappa shape index (κ2) is 9.32. The van der Waals surface area contributed by atoms with Crippen molar-refractivity contribution in [2.75, 3.05) is 25.5 Å². The molecule has 6 heteroatoms. The van der Waals surface area contributed by atoms with Crippen LogP contribution in [0.1, 0.15) is 22.8 Å². The molecule has 0 fully saturated rings. The number of carbonyl (C=O) groups is 1. The highest BCUT2D eigenvalue weighted by atomic mass is 16.5. The third-order valence-electron chi connectivity index (χ3n) is 3.65. The molecular formula is C19H24N4O2. The van der Waals surface area contributed by atoms with Gasteiger partial charge in [-0.2, -0.15) is 0 Å². The summed E-state index contributed by atoms with van der Waals surface area (Å²) in [6.45, 7) is 2.90. The maximum atomic E-state index is 12.0. The lowest BCUT2D eigenvalue weighted by Crippen LogP contribution is -2.28. The van der Waals surface area contributed by atoms with E-state index in [0.717, 1.165) is 12.1 Å². The molecule has 0 aromatic heterocycles. The van der Waals surface area contributed by atoms with Crippen molar-refractivity contribution in [1.29, 1.82) is 0 Å². The Labute approximate surface area is 148 Å². The molecule has 0 aliphatic rings. The van der Waals surface area contributed by atoms with Gasteiger partial charge in [-0.25, -0.2) is 0 Å². The van der Waals surface area contributed by atoms with Gasteiger partial charge in [0.05, 0.1) is 13.7 Å². The molecule has 6 nitrogen and oxygen atoms in total. The predicted octanol–water partition coefficient (Wildman–Crippen LogP) is 2.41. The van der Waals surface area contributed by atoms with Gasteiger partial charge in [-0.3, -0.25) is 9.79 Å². The second-order valence-electron chi connectivity index (χ2n) is 5.43. The lowest BCUT2D eigenvalue weighted by atomic mass is 10.1. The van der Waals surface area contributed by atoms with Crippen LogP contribution >= 0.6 is 0 Å². The van der Waals surface area contributed by atoms with E-state index < -0.39 is 0 Å². The Bertz CT molecular complexity index is 726. The third kappa shape index (κ3) is 5.84. The van der Waals surface area contributed by atoms with Crippen molar-refractivity contribution in [2.45, 2.75) is 13.3 Å². The van der Waals surface area contributed by atoms with Crippen molar-refractivity contribution >= 4 is 17.6 Å². The number of methoxy groups -OCH3 is 1. The first-order chi connectivity index (χ1) is 12.1. The summed E-state index contributed by atoms with van der Waals surface area (Å²) in [4.78, 5) is 16.3. The zero-order chi connectivity index (χ0) is 18.1. The van der Waals surface area contributed by atoms with Crippen molar-refractivity contribution in [3.05, 3.63) is 59.7 Å². The van der Waals surface area contributed by atoms with Gasteiger partial charge >= 0.3 is 0 Å². The summed E-state index contributed by atoms with van der Waals surface area (Å²) in [6.07, 6.45) is 0.997. The molecule has 0 radical (unpaired) electrons. The van der Waals surface area contributed by atoms with Crippen molar-refractivity contribution < 1.29 is 9.53 Å². The van der Waals surface area contributed by atoms with Crippen LogP contribution in [-0.2, 0) is 6.42 Å². The topological polar surface area (TPSA) is 88.7 Å². The number of anilines is 1. The van der Waals surface area contributed by atoms with E-state index in [-0.39, 0.29) is 5.91 Å². The first-order valence-corrected chi connectivity index (χ1v) is 8.20. The number of rotatable bonds is 7. The number of nitrogens with one attached hydrogen (secondary N) is 2. The van der Waals surface area contributed by atoms with Gasteiger partial charge in [0.15, 0.2) is 5.96 Å². The van der Waals surface area contributed by atoms with E-state index >= 15 is 0 Å². The molecule has 0 aliphatic heterocycles. The minimum atomic E-state index is -0.171. The summed E-state index contributed by atoms with van der Waals surface area (Å²) in [6, 6.07) is 15.0. The number of guanidine groups is 1. The molecule has 2 aromatic carbocycles. The lowest BCUT2D eigenvalue weighted by Gasteiger charge is -2.07. The molecule has 132 valence electrons. The number of ether oxygens (including phenoxy) is 1. The maximum Gasteiger partial charge on any atom is 0.251 e. The van der Waals surface area contributed by atoms with Crippen LogP contribution in [0.25, 0.3) is 0 Å². The van der Waals surface area contributed by atoms with Gasteiger partial charge in [-0.05, 0) is 42.3 Å². The highest BCUT2D eigenvalue weighted by Crippen LogP contribution is 2.12. The van der Waals surface area contributed by atoms with E-state index in [2.05, 4.69) is 22.5 Å². The van der Waals surface area contributed by atoms with E-state index in [1.807, 2.05) is 24.3 Å². The Morgan fingerprint density at radius 1 is 1.20 bits per heavy atom. The normalized spacial score (nSPS) is 11.0. The average Bonchev–Trinajstić information content (AvgIpc) is 2.65. The highest BCUT2D eigenvalue weighted by Gasteiger charge is 2.05. The monoisotopic (exact) mass is 340 g/mol. The number of amides is 1. The van der Waals surface area contributed by atoms with Crippen LogP contribution in [0.3, 0.4) is 0 Å². The first kappa shape index (κ1) is 18.3. The summed E-state index contributed by atoms with van der Waals surface area (Å²) in [7, 11) is 1.57. The van der Waals surface area contributed by atoms with Crippen molar-refractivity contribution in [2.24, 2.45) is 10.7 Å². The predicted molar refractivity (Wildman–Crippen MR) is 101 cm³/mol. The maximum absolute atomic E-state index is 12.0. The van der Waals surface area contributed by atoms with Gasteiger partial charge in [0.1, 0.15) is 5.75 Å². The number of aryl methyl sites for hydroxylation is 1. The van der Waals surface area contributed by atoms with E-state index in [1.165, 1.54) is 5.56 Å². The molecule has 0 unspecified atom stereocenters. The molecule has 0 heterocycles. The summed E-state index contributed by atoms with van der Waals surface area (Å²) < 4.78 is 5.11. The zero-order valence-electron chi connectivity index (χ0n) is 14.6. The minimum absolute atomic E-state index is 0.171. The largest absolute Gasteiger partial charge is 0.497 e. The number of carbonyl (C=O) groups excluding carboxylic acids is 1. The first-order valence-electron chi connectivity index (χ1n) is 8.20. The fraction of sp³-hybridized carbons (Fsp3) is 0.263. The van der Waals surface area contributed by atoms with Gasteiger partial charge < -0.3 is 21.1 Å². The molecule has 2 rings (SSSR count). The number of hydrogen-bond acceptors (Lipinski definition) is 3. The van der Waals surface area contributed by atoms with Crippen molar-refractivity contribution in [3.8, 4) is 5.75 Å². The standard InChI is InChI=1S/C19H24N4O2/c1-3-14-7-9-16(10-8-14)23-19(20)22-12-11-21-18(24)15-5-4-6-17(13-15)25-2/h4-10,13H,3,11-12H2,1-2H3,(H,21,24)(H3,20,22,23). The number of nitrogens with two attached hydrogens (primary N) is 1. The molecule has 0 aliphatic carbocycles. The van der Waals surface area contributed by atoms with E-state index in [4.69, 9.17) is 10.5 Å². The molecule has 0 saturated carbocycles. The molecule has 0 atom stereocenters. The van der Waals surface area contributed by atoms with Gasteiger partial charge in [-0.15, -0.1) is 0 Å². The smallest absolute Gasteiger partial charge is 0.251 e. The molecule has 0 bridgehead atoms. The molecule has 1 amide bonds. The average molecular weight is 340 g/mol. The van der Waals surface area contributed by atoms with Crippen LogP contribution in [0.15, 0.2) is 53.5 Å². The van der Waals surface area contributed by atoms with Crippen LogP contribution in [0.5, 0.6) is 5.75 Å².